The van der Waals surface area contributed by atoms with Crippen LogP contribution in [-0.2, 0) is 11.3 Å². The average molecular weight is 329 g/mol. The van der Waals surface area contributed by atoms with Crippen LogP contribution >= 0.6 is 0 Å². The van der Waals surface area contributed by atoms with E-state index in [-0.39, 0.29) is 11.8 Å². The van der Waals surface area contributed by atoms with E-state index in [0.29, 0.717) is 19.1 Å². The first-order valence-electron chi connectivity index (χ1n) is 9.62. The fourth-order valence-corrected chi connectivity index (χ4v) is 3.79. The Labute approximate surface area is 146 Å². The van der Waals surface area contributed by atoms with Gasteiger partial charge in [0.25, 0.3) is 0 Å². The van der Waals surface area contributed by atoms with Crippen molar-refractivity contribution in [2.24, 2.45) is 23.7 Å². The predicted octanol–water partition coefficient (Wildman–Crippen LogP) is 4.55. The second-order valence-corrected chi connectivity index (χ2v) is 7.98. The highest BCUT2D eigenvalue weighted by Gasteiger charge is 2.35. The molecule has 24 heavy (non-hydrogen) atoms. The number of carbonyl (C=O) groups excluding carboxylic acids is 1. The van der Waals surface area contributed by atoms with Crippen molar-refractivity contribution in [3.63, 3.8) is 0 Å². The molecule has 0 bridgehead atoms. The van der Waals surface area contributed by atoms with Gasteiger partial charge in [0.05, 0.1) is 6.61 Å². The van der Waals surface area contributed by atoms with Gasteiger partial charge in [-0.25, -0.2) is 0 Å². The lowest BCUT2D eigenvalue weighted by Gasteiger charge is -2.27. The average Bonchev–Trinajstić information content (AvgIpc) is 3.43. The molecule has 0 atom stereocenters. The van der Waals surface area contributed by atoms with Gasteiger partial charge in [0.15, 0.2) is 0 Å². The van der Waals surface area contributed by atoms with Crippen molar-refractivity contribution < 1.29 is 9.53 Å². The molecule has 3 nitrogen and oxygen atoms in total. The maximum absolute atomic E-state index is 12.5. The largest absolute Gasteiger partial charge is 0.493 e. The minimum atomic E-state index is 0.212. The third-order valence-electron chi connectivity index (χ3n) is 5.43. The van der Waals surface area contributed by atoms with Gasteiger partial charge in [-0.2, -0.15) is 0 Å². The van der Waals surface area contributed by atoms with Crippen LogP contribution in [0.4, 0.5) is 0 Å². The van der Waals surface area contributed by atoms with Gasteiger partial charge >= 0.3 is 0 Å². The summed E-state index contributed by atoms with van der Waals surface area (Å²) in [4.78, 5) is 12.5. The maximum atomic E-state index is 12.5. The van der Waals surface area contributed by atoms with Crippen LogP contribution in [0.2, 0.25) is 0 Å². The first-order valence-corrected chi connectivity index (χ1v) is 9.62. The Morgan fingerprint density at radius 3 is 2.33 bits per heavy atom. The SMILES string of the molecule is CC(C)COc1ccccc1CNC(=O)C1CCC(C2CC2)CC1. The van der Waals surface area contributed by atoms with E-state index in [0.717, 1.165) is 36.0 Å². The minimum Gasteiger partial charge on any atom is -0.493 e. The second-order valence-electron chi connectivity index (χ2n) is 7.98. The van der Waals surface area contributed by atoms with Crippen LogP contribution < -0.4 is 10.1 Å². The lowest BCUT2D eigenvalue weighted by atomic mass is 9.79. The summed E-state index contributed by atoms with van der Waals surface area (Å²) in [7, 11) is 0. The molecule has 1 N–H and O–H groups in total. The molecule has 0 radical (unpaired) electrons. The standard InChI is InChI=1S/C21H31NO2/c1-15(2)14-24-20-6-4-3-5-19(20)13-22-21(23)18-11-9-17(10-12-18)16-7-8-16/h3-6,15-18H,7-14H2,1-2H3,(H,22,23). The van der Waals surface area contributed by atoms with Gasteiger partial charge in [-0.1, -0.05) is 32.0 Å². The molecule has 2 fully saturated rings. The summed E-state index contributed by atoms with van der Waals surface area (Å²) >= 11 is 0. The predicted molar refractivity (Wildman–Crippen MR) is 96.8 cm³/mol. The quantitative estimate of drug-likeness (QED) is 0.797. The van der Waals surface area contributed by atoms with Gasteiger partial charge < -0.3 is 10.1 Å². The molecule has 3 heteroatoms. The molecule has 2 saturated carbocycles. The Bertz CT molecular complexity index is 543. The number of ether oxygens (including phenoxy) is 1. The van der Waals surface area contributed by atoms with Crippen LogP contribution in [-0.4, -0.2) is 12.5 Å². The molecule has 0 aromatic heterocycles. The zero-order valence-corrected chi connectivity index (χ0v) is 15.1. The number of para-hydroxylation sites is 1. The molecule has 1 aromatic carbocycles. The monoisotopic (exact) mass is 329 g/mol. The third-order valence-corrected chi connectivity index (χ3v) is 5.43. The molecule has 0 unspecified atom stereocenters. The van der Waals surface area contributed by atoms with E-state index in [4.69, 9.17) is 4.74 Å². The molecule has 2 aliphatic carbocycles. The molecular formula is C21H31NO2. The van der Waals surface area contributed by atoms with Crippen LogP contribution in [0.5, 0.6) is 5.75 Å². The van der Waals surface area contributed by atoms with Crippen LogP contribution in [0.3, 0.4) is 0 Å². The number of hydrogen-bond donors (Lipinski definition) is 1. The Kier molecular flexibility index (Phi) is 5.80. The Morgan fingerprint density at radius 2 is 1.71 bits per heavy atom. The van der Waals surface area contributed by atoms with Gasteiger partial charge in [0, 0.05) is 18.0 Å². The maximum Gasteiger partial charge on any atom is 0.223 e. The summed E-state index contributed by atoms with van der Waals surface area (Å²) in [6.45, 7) is 5.55. The molecule has 2 aliphatic rings. The smallest absolute Gasteiger partial charge is 0.223 e. The summed E-state index contributed by atoms with van der Waals surface area (Å²) in [5.74, 6) is 3.71. The summed E-state index contributed by atoms with van der Waals surface area (Å²) < 4.78 is 5.87. The molecule has 132 valence electrons. The molecule has 0 aliphatic heterocycles. The highest BCUT2D eigenvalue weighted by Crippen LogP contribution is 2.45. The van der Waals surface area contributed by atoms with Gasteiger partial charge in [-0.05, 0) is 62.3 Å². The van der Waals surface area contributed by atoms with Crippen molar-refractivity contribution >= 4 is 5.91 Å². The van der Waals surface area contributed by atoms with Gasteiger partial charge in [-0.3, -0.25) is 4.79 Å². The molecule has 1 amide bonds. The van der Waals surface area contributed by atoms with E-state index in [1.54, 1.807) is 0 Å². The molecule has 1 aromatic rings. The van der Waals surface area contributed by atoms with Crippen molar-refractivity contribution in [1.29, 1.82) is 0 Å². The van der Waals surface area contributed by atoms with E-state index in [1.165, 1.54) is 25.7 Å². The number of rotatable bonds is 7. The zero-order valence-electron chi connectivity index (χ0n) is 15.1. The summed E-state index contributed by atoms with van der Waals surface area (Å²) in [6.07, 6.45) is 7.48. The van der Waals surface area contributed by atoms with E-state index in [9.17, 15) is 4.79 Å². The van der Waals surface area contributed by atoms with Gasteiger partial charge in [0.2, 0.25) is 5.91 Å². The highest BCUT2D eigenvalue weighted by atomic mass is 16.5. The second kappa shape index (κ2) is 8.04. The molecule has 0 heterocycles. The summed E-state index contributed by atoms with van der Waals surface area (Å²) in [5.41, 5.74) is 1.07. The molecule has 0 saturated heterocycles. The van der Waals surface area contributed by atoms with Crippen LogP contribution in [0, 0.1) is 23.7 Å². The van der Waals surface area contributed by atoms with E-state index >= 15 is 0 Å². The fourth-order valence-electron chi connectivity index (χ4n) is 3.79. The number of carbonyl (C=O) groups is 1. The Morgan fingerprint density at radius 1 is 1.08 bits per heavy atom. The van der Waals surface area contributed by atoms with Crippen LogP contribution in [0.1, 0.15) is 57.9 Å². The van der Waals surface area contributed by atoms with Crippen molar-refractivity contribution in [2.45, 2.75) is 58.9 Å². The Balaban J connectivity index is 1.47. The third kappa shape index (κ3) is 4.75. The van der Waals surface area contributed by atoms with Crippen molar-refractivity contribution in [2.75, 3.05) is 6.61 Å². The molecular weight excluding hydrogens is 298 g/mol. The first-order chi connectivity index (χ1) is 11.6. The summed E-state index contributed by atoms with van der Waals surface area (Å²) in [6, 6.07) is 8.02. The molecule has 0 spiro atoms. The number of hydrogen-bond acceptors (Lipinski definition) is 2. The van der Waals surface area contributed by atoms with Crippen LogP contribution in [0.15, 0.2) is 24.3 Å². The van der Waals surface area contributed by atoms with E-state index in [2.05, 4.69) is 19.2 Å². The number of benzene rings is 1. The number of amides is 1. The highest BCUT2D eigenvalue weighted by molar-refractivity contribution is 5.78. The van der Waals surface area contributed by atoms with Crippen LogP contribution in [0.25, 0.3) is 0 Å². The van der Waals surface area contributed by atoms with Crippen molar-refractivity contribution in [3.05, 3.63) is 29.8 Å². The van der Waals surface area contributed by atoms with Gasteiger partial charge in [0.1, 0.15) is 5.75 Å². The van der Waals surface area contributed by atoms with Crippen molar-refractivity contribution in [1.82, 2.24) is 5.32 Å². The normalized spacial score (nSPS) is 24.0. The zero-order chi connectivity index (χ0) is 16.9. The Hall–Kier alpha value is -1.51. The lowest BCUT2D eigenvalue weighted by molar-refractivity contribution is -0.126. The van der Waals surface area contributed by atoms with Crippen molar-refractivity contribution in [3.8, 4) is 5.75 Å². The minimum absolute atomic E-state index is 0.212. The fraction of sp³-hybridized carbons (Fsp3) is 0.667. The topological polar surface area (TPSA) is 38.3 Å². The lowest BCUT2D eigenvalue weighted by Crippen LogP contribution is -2.33. The summed E-state index contributed by atoms with van der Waals surface area (Å²) in [5, 5.41) is 3.14. The van der Waals surface area contributed by atoms with Gasteiger partial charge in [-0.15, -0.1) is 0 Å². The first kappa shape index (κ1) is 17.3. The van der Waals surface area contributed by atoms with E-state index in [1.807, 2.05) is 24.3 Å². The molecule has 3 rings (SSSR count). The van der Waals surface area contributed by atoms with E-state index < -0.39 is 0 Å². The number of nitrogens with one attached hydrogen (secondary N) is 1.